The number of nitrogens with zero attached hydrogens (tertiary/aromatic N) is 3. The molecule has 2 saturated heterocycles. The fraction of sp³-hybridized carbons (Fsp3) is 0.652. The summed E-state index contributed by atoms with van der Waals surface area (Å²) in [5.41, 5.74) is 2.09. The van der Waals surface area contributed by atoms with Crippen LogP contribution < -0.4 is 4.90 Å². The highest BCUT2D eigenvalue weighted by Crippen LogP contribution is 2.51. The molecule has 3 aliphatic rings. The summed E-state index contributed by atoms with van der Waals surface area (Å²) in [7, 11) is 0. The van der Waals surface area contributed by atoms with Crippen molar-refractivity contribution in [3.8, 4) is 0 Å². The molecule has 2 amide bonds. The van der Waals surface area contributed by atoms with Gasteiger partial charge in [-0.05, 0) is 51.3 Å². The van der Waals surface area contributed by atoms with Gasteiger partial charge in [0, 0.05) is 37.9 Å². The van der Waals surface area contributed by atoms with Crippen molar-refractivity contribution in [2.24, 2.45) is 5.41 Å². The van der Waals surface area contributed by atoms with Gasteiger partial charge in [-0.3, -0.25) is 9.59 Å². The molecule has 5 heteroatoms. The van der Waals surface area contributed by atoms with Gasteiger partial charge in [0.2, 0.25) is 11.8 Å². The lowest BCUT2D eigenvalue weighted by molar-refractivity contribution is -0.189. The van der Waals surface area contributed by atoms with Crippen LogP contribution in [0.2, 0.25) is 0 Å². The summed E-state index contributed by atoms with van der Waals surface area (Å²) < 4.78 is 0. The first-order valence-corrected chi connectivity index (χ1v) is 10.9. The summed E-state index contributed by atoms with van der Waals surface area (Å²) in [5, 5.41) is 0. The van der Waals surface area contributed by atoms with Crippen molar-refractivity contribution < 1.29 is 9.59 Å². The smallest absolute Gasteiger partial charge is 0.246 e. The van der Waals surface area contributed by atoms with Crippen molar-refractivity contribution in [1.82, 2.24) is 9.80 Å². The van der Waals surface area contributed by atoms with Gasteiger partial charge < -0.3 is 14.7 Å². The van der Waals surface area contributed by atoms with Crippen molar-refractivity contribution in [1.29, 1.82) is 0 Å². The van der Waals surface area contributed by atoms with Gasteiger partial charge in [-0.25, -0.2) is 0 Å². The molecule has 4 rings (SSSR count). The molecule has 1 saturated carbocycles. The van der Waals surface area contributed by atoms with Gasteiger partial charge in [0.05, 0.1) is 5.41 Å². The zero-order valence-electron chi connectivity index (χ0n) is 17.5. The number of amides is 2. The number of anilines is 1. The molecule has 3 fully saturated rings. The second kappa shape index (κ2) is 7.41. The van der Waals surface area contributed by atoms with Crippen LogP contribution in [0.3, 0.4) is 0 Å². The van der Waals surface area contributed by atoms with Crippen LogP contribution in [-0.4, -0.2) is 59.9 Å². The zero-order valence-corrected chi connectivity index (χ0v) is 17.5. The average Bonchev–Trinajstić information content (AvgIpc) is 2.71. The summed E-state index contributed by atoms with van der Waals surface area (Å²) in [6.07, 6.45) is 5.10. The quantitative estimate of drug-likeness (QED) is 0.753. The third-order valence-corrected chi connectivity index (χ3v) is 6.96. The summed E-state index contributed by atoms with van der Waals surface area (Å²) in [4.78, 5) is 32.7. The molecule has 0 bridgehead atoms. The Morgan fingerprint density at radius 3 is 2.36 bits per heavy atom. The van der Waals surface area contributed by atoms with Crippen molar-refractivity contribution in [3.63, 3.8) is 0 Å². The minimum absolute atomic E-state index is 0.0857. The van der Waals surface area contributed by atoms with Crippen LogP contribution in [0.15, 0.2) is 24.3 Å². The van der Waals surface area contributed by atoms with Crippen LogP contribution in [0.1, 0.15) is 51.5 Å². The minimum Gasteiger partial charge on any atom is -0.368 e. The second-order valence-corrected chi connectivity index (χ2v) is 9.08. The van der Waals surface area contributed by atoms with Gasteiger partial charge in [0.25, 0.3) is 0 Å². The Morgan fingerprint density at radius 1 is 1.07 bits per heavy atom. The fourth-order valence-corrected chi connectivity index (χ4v) is 5.43. The lowest BCUT2D eigenvalue weighted by Gasteiger charge is -2.59. The molecule has 2 aliphatic heterocycles. The Morgan fingerprint density at radius 2 is 1.75 bits per heavy atom. The molecule has 1 aromatic carbocycles. The summed E-state index contributed by atoms with van der Waals surface area (Å²) in [6.45, 7) is 9.35. The van der Waals surface area contributed by atoms with Crippen LogP contribution in [0.25, 0.3) is 0 Å². The number of β-lactam (4-membered cyclic amide) rings is 1. The van der Waals surface area contributed by atoms with E-state index in [1.54, 1.807) is 0 Å². The van der Waals surface area contributed by atoms with E-state index < -0.39 is 5.41 Å². The Labute approximate surface area is 168 Å². The first-order valence-electron chi connectivity index (χ1n) is 10.9. The second-order valence-electron chi connectivity index (χ2n) is 9.08. The number of aryl methyl sites for hydroxylation is 1. The lowest BCUT2D eigenvalue weighted by atomic mass is 9.61. The third kappa shape index (κ3) is 3.09. The molecule has 1 aromatic rings. The van der Waals surface area contributed by atoms with Gasteiger partial charge in [0.15, 0.2) is 0 Å². The van der Waals surface area contributed by atoms with Crippen molar-refractivity contribution in [3.05, 3.63) is 29.8 Å². The number of benzene rings is 1. The molecule has 1 unspecified atom stereocenters. The van der Waals surface area contributed by atoms with Crippen molar-refractivity contribution in [2.75, 3.05) is 31.1 Å². The molecular formula is C23H33N3O2. The number of hydrogen-bond acceptors (Lipinski definition) is 3. The van der Waals surface area contributed by atoms with E-state index in [1.165, 1.54) is 17.7 Å². The summed E-state index contributed by atoms with van der Waals surface area (Å²) in [6, 6.07) is 8.40. The first-order chi connectivity index (χ1) is 13.4. The van der Waals surface area contributed by atoms with Gasteiger partial charge in [-0.15, -0.1) is 0 Å². The molecule has 28 heavy (non-hydrogen) atoms. The van der Waals surface area contributed by atoms with Gasteiger partial charge in [0.1, 0.15) is 6.04 Å². The van der Waals surface area contributed by atoms with Crippen LogP contribution >= 0.6 is 0 Å². The Hall–Kier alpha value is -2.04. The van der Waals surface area contributed by atoms with Gasteiger partial charge in [-0.1, -0.05) is 31.4 Å². The molecule has 0 N–H and O–H groups in total. The number of carbonyl (C=O) groups excluding carboxylic acids is 2. The van der Waals surface area contributed by atoms with E-state index in [9.17, 15) is 9.59 Å². The number of rotatable bonds is 3. The maximum absolute atomic E-state index is 13.5. The average molecular weight is 384 g/mol. The number of piperazine rings is 1. The maximum atomic E-state index is 13.5. The van der Waals surface area contributed by atoms with Crippen LogP contribution in [0.5, 0.6) is 0 Å². The van der Waals surface area contributed by atoms with E-state index in [0.717, 1.165) is 51.9 Å². The molecule has 0 aromatic heterocycles. The highest BCUT2D eigenvalue weighted by molar-refractivity contribution is 6.02. The Bertz CT molecular complexity index is 746. The highest BCUT2D eigenvalue weighted by atomic mass is 16.2. The summed E-state index contributed by atoms with van der Waals surface area (Å²) >= 11 is 0. The van der Waals surface area contributed by atoms with E-state index in [0.29, 0.717) is 0 Å². The van der Waals surface area contributed by atoms with E-state index in [1.807, 2.05) is 23.6 Å². The van der Waals surface area contributed by atoms with E-state index in [-0.39, 0.29) is 23.9 Å². The molecule has 1 spiro atoms. The molecule has 5 nitrogen and oxygen atoms in total. The minimum atomic E-state index is -0.409. The van der Waals surface area contributed by atoms with Gasteiger partial charge in [-0.2, -0.15) is 0 Å². The van der Waals surface area contributed by atoms with Crippen molar-refractivity contribution >= 4 is 17.5 Å². The predicted octanol–water partition coefficient (Wildman–Crippen LogP) is 3.21. The highest BCUT2D eigenvalue weighted by Gasteiger charge is 2.64. The molecule has 0 radical (unpaired) electrons. The third-order valence-electron chi connectivity index (χ3n) is 6.96. The van der Waals surface area contributed by atoms with Gasteiger partial charge >= 0.3 is 0 Å². The van der Waals surface area contributed by atoms with E-state index in [4.69, 9.17) is 0 Å². The maximum Gasteiger partial charge on any atom is 0.246 e. The molecule has 152 valence electrons. The van der Waals surface area contributed by atoms with Crippen LogP contribution in [0.4, 0.5) is 5.69 Å². The topological polar surface area (TPSA) is 43.9 Å². The summed E-state index contributed by atoms with van der Waals surface area (Å²) in [5.74, 6) is 0.401. The largest absolute Gasteiger partial charge is 0.368 e. The predicted molar refractivity (Wildman–Crippen MR) is 111 cm³/mol. The monoisotopic (exact) mass is 383 g/mol. The number of likely N-dealkylation sites (tertiary alicyclic amines) is 1. The lowest BCUT2D eigenvalue weighted by Crippen LogP contribution is -2.76. The standard InChI is InChI=1S/C23H33N3O2/c1-17(2)26-20(23(22(26)28)10-5-4-6-11-23)21(27)25-14-12-24(13-15-25)19-9-7-8-18(3)16-19/h7-9,16-17,20H,4-6,10-15H2,1-3H3. The molecular weight excluding hydrogens is 350 g/mol. The van der Waals surface area contributed by atoms with Crippen LogP contribution in [0, 0.1) is 12.3 Å². The first kappa shape index (κ1) is 19.3. The zero-order chi connectivity index (χ0) is 19.9. The SMILES string of the molecule is Cc1cccc(N2CCN(C(=O)C3N(C(C)C)C(=O)C34CCCCC4)CC2)c1. The van der Waals surface area contributed by atoms with E-state index in [2.05, 4.69) is 36.1 Å². The van der Waals surface area contributed by atoms with E-state index >= 15 is 0 Å². The molecule has 1 aliphatic carbocycles. The van der Waals surface area contributed by atoms with Crippen molar-refractivity contribution in [2.45, 2.75) is 65.0 Å². The van der Waals surface area contributed by atoms with Crippen LogP contribution in [-0.2, 0) is 9.59 Å². The Balaban J connectivity index is 1.47. The number of carbonyl (C=O) groups is 2. The molecule has 2 heterocycles. The Kier molecular flexibility index (Phi) is 5.11. The molecule has 1 atom stereocenters. The fourth-order valence-electron chi connectivity index (χ4n) is 5.43. The number of hydrogen-bond donors (Lipinski definition) is 0. The normalized spacial score (nSPS) is 24.6.